The van der Waals surface area contributed by atoms with Crippen LogP contribution in [0.4, 0.5) is 0 Å². The molecule has 0 heterocycles. The zero-order valence-corrected chi connectivity index (χ0v) is 10.9. The molecule has 1 aliphatic carbocycles. The van der Waals surface area contributed by atoms with E-state index in [0.29, 0.717) is 0 Å². The molecule has 3 heteroatoms. The van der Waals surface area contributed by atoms with E-state index in [1.807, 2.05) is 20.8 Å². The predicted molar refractivity (Wildman–Crippen MR) is 67.3 cm³/mol. The molecular weight excluding hydrogens is 200 g/mol. The molecule has 0 radical (unpaired) electrons. The van der Waals surface area contributed by atoms with Crippen LogP contribution in [0.5, 0.6) is 0 Å². The first-order valence-electron chi connectivity index (χ1n) is 6.59. The van der Waals surface area contributed by atoms with E-state index in [4.69, 9.17) is 0 Å². The van der Waals surface area contributed by atoms with E-state index in [1.54, 1.807) is 0 Å². The van der Waals surface area contributed by atoms with Crippen molar-refractivity contribution < 1.29 is 4.79 Å². The van der Waals surface area contributed by atoms with E-state index in [9.17, 15) is 4.79 Å². The molecule has 2 N–H and O–H groups in total. The number of likely N-dealkylation sites (N-methyl/N-ethyl adjacent to an activating group) is 1. The molecule has 3 nitrogen and oxygen atoms in total. The summed E-state index contributed by atoms with van der Waals surface area (Å²) in [7, 11) is 0. The molecule has 1 aliphatic rings. The van der Waals surface area contributed by atoms with Gasteiger partial charge in [-0.1, -0.05) is 32.6 Å². The van der Waals surface area contributed by atoms with Crippen molar-refractivity contribution in [3.8, 4) is 0 Å². The second-order valence-electron chi connectivity index (χ2n) is 5.35. The SMILES string of the molecule is CCNC(C)(C)C(=O)NCCC1CCCC1. The van der Waals surface area contributed by atoms with Crippen LogP contribution in [0.15, 0.2) is 0 Å². The second-order valence-corrected chi connectivity index (χ2v) is 5.35. The van der Waals surface area contributed by atoms with Gasteiger partial charge in [-0.05, 0) is 32.7 Å². The van der Waals surface area contributed by atoms with Gasteiger partial charge in [0.25, 0.3) is 0 Å². The molecule has 1 amide bonds. The van der Waals surface area contributed by atoms with Crippen LogP contribution in [-0.2, 0) is 4.79 Å². The van der Waals surface area contributed by atoms with Crippen LogP contribution in [0.25, 0.3) is 0 Å². The number of nitrogens with one attached hydrogen (secondary N) is 2. The zero-order valence-electron chi connectivity index (χ0n) is 10.9. The molecule has 0 spiro atoms. The summed E-state index contributed by atoms with van der Waals surface area (Å²) in [6, 6.07) is 0. The van der Waals surface area contributed by atoms with E-state index in [1.165, 1.54) is 25.7 Å². The summed E-state index contributed by atoms with van der Waals surface area (Å²) in [5.74, 6) is 0.967. The Labute approximate surface area is 99.4 Å². The third kappa shape index (κ3) is 4.12. The van der Waals surface area contributed by atoms with Crippen molar-refractivity contribution in [1.82, 2.24) is 10.6 Å². The van der Waals surface area contributed by atoms with Crippen LogP contribution < -0.4 is 10.6 Å². The van der Waals surface area contributed by atoms with Gasteiger partial charge in [-0.2, -0.15) is 0 Å². The Morgan fingerprint density at radius 1 is 1.31 bits per heavy atom. The van der Waals surface area contributed by atoms with Crippen LogP contribution in [0.1, 0.15) is 52.9 Å². The van der Waals surface area contributed by atoms with Crippen molar-refractivity contribution in [2.75, 3.05) is 13.1 Å². The van der Waals surface area contributed by atoms with Gasteiger partial charge in [0.2, 0.25) is 5.91 Å². The predicted octanol–water partition coefficient (Wildman–Crippen LogP) is 2.07. The Hall–Kier alpha value is -0.570. The molecule has 0 bridgehead atoms. The maximum atomic E-state index is 11.9. The van der Waals surface area contributed by atoms with E-state index < -0.39 is 5.54 Å². The molecule has 0 saturated heterocycles. The lowest BCUT2D eigenvalue weighted by atomic mass is 10.0. The fourth-order valence-corrected chi connectivity index (χ4v) is 2.43. The first-order valence-corrected chi connectivity index (χ1v) is 6.59. The fraction of sp³-hybridized carbons (Fsp3) is 0.923. The Morgan fingerprint density at radius 3 is 2.50 bits per heavy atom. The normalized spacial score (nSPS) is 17.7. The Bertz CT molecular complexity index is 220. The number of rotatable bonds is 6. The van der Waals surface area contributed by atoms with E-state index >= 15 is 0 Å². The zero-order chi connectivity index (χ0) is 12.0. The Morgan fingerprint density at radius 2 is 1.94 bits per heavy atom. The third-order valence-electron chi connectivity index (χ3n) is 3.50. The summed E-state index contributed by atoms with van der Waals surface area (Å²) in [5.41, 5.74) is -0.440. The van der Waals surface area contributed by atoms with E-state index in [-0.39, 0.29) is 5.91 Å². The highest BCUT2D eigenvalue weighted by Gasteiger charge is 2.25. The second kappa shape index (κ2) is 6.24. The van der Waals surface area contributed by atoms with Crippen molar-refractivity contribution in [3.05, 3.63) is 0 Å². The van der Waals surface area contributed by atoms with Gasteiger partial charge in [0.15, 0.2) is 0 Å². The van der Waals surface area contributed by atoms with E-state index in [2.05, 4.69) is 10.6 Å². The van der Waals surface area contributed by atoms with Crippen molar-refractivity contribution in [3.63, 3.8) is 0 Å². The summed E-state index contributed by atoms with van der Waals surface area (Å²) in [6.45, 7) is 7.54. The highest BCUT2D eigenvalue weighted by molar-refractivity contribution is 5.85. The molecule has 1 saturated carbocycles. The fourth-order valence-electron chi connectivity index (χ4n) is 2.43. The summed E-state index contributed by atoms with van der Waals surface area (Å²) in [5, 5.41) is 6.22. The van der Waals surface area contributed by atoms with Crippen LogP contribution in [0.2, 0.25) is 0 Å². The number of carbonyl (C=O) groups excluding carboxylic acids is 1. The average molecular weight is 226 g/mol. The monoisotopic (exact) mass is 226 g/mol. The molecule has 94 valence electrons. The van der Waals surface area contributed by atoms with Gasteiger partial charge in [-0.3, -0.25) is 4.79 Å². The molecular formula is C13H26N2O. The quantitative estimate of drug-likeness (QED) is 0.728. The van der Waals surface area contributed by atoms with Crippen molar-refractivity contribution >= 4 is 5.91 Å². The highest BCUT2D eigenvalue weighted by atomic mass is 16.2. The maximum absolute atomic E-state index is 11.9. The standard InChI is InChI=1S/C13H26N2O/c1-4-15-13(2,3)12(16)14-10-9-11-7-5-6-8-11/h11,15H,4-10H2,1-3H3,(H,14,16). The topological polar surface area (TPSA) is 41.1 Å². The Kier molecular flexibility index (Phi) is 5.26. The van der Waals surface area contributed by atoms with Crippen LogP contribution in [0, 0.1) is 5.92 Å². The molecule has 0 aromatic rings. The van der Waals surface area contributed by atoms with Crippen molar-refractivity contribution in [2.24, 2.45) is 5.92 Å². The van der Waals surface area contributed by atoms with Crippen LogP contribution in [0.3, 0.4) is 0 Å². The van der Waals surface area contributed by atoms with Gasteiger partial charge in [0, 0.05) is 6.54 Å². The number of hydrogen-bond donors (Lipinski definition) is 2. The molecule has 0 atom stereocenters. The van der Waals surface area contributed by atoms with Gasteiger partial charge >= 0.3 is 0 Å². The lowest BCUT2D eigenvalue weighted by Crippen LogP contribution is -2.52. The van der Waals surface area contributed by atoms with Crippen molar-refractivity contribution in [1.29, 1.82) is 0 Å². The molecule has 0 aromatic heterocycles. The summed E-state index contributed by atoms with van der Waals surface area (Å²) < 4.78 is 0. The largest absolute Gasteiger partial charge is 0.355 e. The highest BCUT2D eigenvalue weighted by Crippen LogP contribution is 2.26. The maximum Gasteiger partial charge on any atom is 0.239 e. The summed E-state index contributed by atoms with van der Waals surface area (Å²) >= 11 is 0. The molecule has 0 aromatic carbocycles. The van der Waals surface area contributed by atoms with Gasteiger partial charge in [-0.25, -0.2) is 0 Å². The lowest BCUT2D eigenvalue weighted by molar-refractivity contribution is -0.126. The van der Waals surface area contributed by atoms with Gasteiger partial charge < -0.3 is 10.6 Å². The first-order chi connectivity index (χ1) is 7.56. The molecule has 0 aliphatic heterocycles. The molecule has 16 heavy (non-hydrogen) atoms. The Balaban J connectivity index is 2.18. The minimum atomic E-state index is -0.440. The van der Waals surface area contributed by atoms with Gasteiger partial charge in [0.05, 0.1) is 5.54 Å². The minimum Gasteiger partial charge on any atom is -0.355 e. The average Bonchev–Trinajstić information content (AvgIpc) is 2.70. The van der Waals surface area contributed by atoms with Crippen LogP contribution in [-0.4, -0.2) is 24.5 Å². The first kappa shape index (κ1) is 13.5. The smallest absolute Gasteiger partial charge is 0.239 e. The number of hydrogen-bond acceptors (Lipinski definition) is 2. The van der Waals surface area contributed by atoms with E-state index in [0.717, 1.165) is 25.4 Å². The molecule has 0 unspecified atom stereocenters. The van der Waals surface area contributed by atoms with Crippen molar-refractivity contribution in [2.45, 2.75) is 58.4 Å². The lowest BCUT2D eigenvalue weighted by Gasteiger charge is -2.24. The molecule has 1 fully saturated rings. The minimum absolute atomic E-state index is 0.118. The summed E-state index contributed by atoms with van der Waals surface area (Å²) in [6.07, 6.45) is 6.61. The third-order valence-corrected chi connectivity index (χ3v) is 3.50. The number of amides is 1. The molecule has 1 rings (SSSR count). The van der Waals surface area contributed by atoms with Gasteiger partial charge in [-0.15, -0.1) is 0 Å². The number of carbonyl (C=O) groups is 1. The summed E-state index contributed by atoms with van der Waals surface area (Å²) in [4.78, 5) is 11.9. The van der Waals surface area contributed by atoms with Crippen LogP contribution >= 0.6 is 0 Å². The van der Waals surface area contributed by atoms with Gasteiger partial charge in [0.1, 0.15) is 0 Å².